The first-order valence-corrected chi connectivity index (χ1v) is 7.68. The maximum Gasteiger partial charge on any atom is 0.260 e. The predicted molar refractivity (Wildman–Crippen MR) is 83.6 cm³/mol. The monoisotopic (exact) mass is 303 g/mol. The van der Waals surface area contributed by atoms with Crippen LogP contribution in [0.2, 0.25) is 0 Å². The van der Waals surface area contributed by atoms with E-state index in [1.54, 1.807) is 38.1 Å². The van der Waals surface area contributed by atoms with Gasteiger partial charge in [0.05, 0.1) is 17.9 Å². The van der Waals surface area contributed by atoms with E-state index in [4.69, 9.17) is 5.11 Å². The van der Waals surface area contributed by atoms with Gasteiger partial charge in [0.15, 0.2) is 0 Å². The number of carbonyl (C=O) groups excluding carboxylic acids is 1. The standard InChI is InChI=1S/C15H17N3O2S/c1-9-13(15(21-3)17-10(2)16-9)14(20)18-12-6-4-5-11(7-12)8-19/h4-7,19H,8H2,1-3H3,(H,18,20). The Kier molecular flexibility index (Phi) is 4.93. The Balaban J connectivity index is 2.32. The summed E-state index contributed by atoms with van der Waals surface area (Å²) in [5.41, 5.74) is 2.53. The highest BCUT2D eigenvalue weighted by molar-refractivity contribution is 7.98. The molecule has 0 radical (unpaired) electrons. The van der Waals surface area contributed by atoms with Crippen molar-refractivity contribution in [3.8, 4) is 0 Å². The first-order chi connectivity index (χ1) is 10.0. The van der Waals surface area contributed by atoms with Crippen LogP contribution in [0, 0.1) is 13.8 Å². The van der Waals surface area contributed by atoms with Gasteiger partial charge in [0, 0.05) is 5.69 Å². The second kappa shape index (κ2) is 6.69. The molecule has 5 nitrogen and oxygen atoms in total. The SMILES string of the molecule is CSc1nc(C)nc(C)c1C(=O)Nc1cccc(CO)c1. The number of hydrogen-bond acceptors (Lipinski definition) is 5. The quantitative estimate of drug-likeness (QED) is 0.670. The number of aliphatic hydroxyl groups is 1. The van der Waals surface area contributed by atoms with Crippen LogP contribution < -0.4 is 5.32 Å². The van der Waals surface area contributed by atoms with E-state index in [-0.39, 0.29) is 12.5 Å². The van der Waals surface area contributed by atoms with Crippen molar-refractivity contribution in [1.29, 1.82) is 0 Å². The Morgan fingerprint density at radius 2 is 2.10 bits per heavy atom. The Bertz CT molecular complexity index is 674. The van der Waals surface area contributed by atoms with Gasteiger partial charge in [0.1, 0.15) is 10.9 Å². The molecular formula is C15H17N3O2S. The third-order valence-electron chi connectivity index (χ3n) is 2.96. The van der Waals surface area contributed by atoms with Crippen LogP contribution in [0.15, 0.2) is 29.3 Å². The predicted octanol–water partition coefficient (Wildman–Crippen LogP) is 2.56. The van der Waals surface area contributed by atoms with Crippen LogP contribution in [-0.2, 0) is 6.61 Å². The van der Waals surface area contributed by atoms with Gasteiger partial charge >= 0.3 is 0 Å². The molecule has 6 heteroatoms. The van der Waals surface area contributed by atoms with Crippen LogP contribution in [0.25, 0.3) is 0 Å². The molecule has 0 bridgehead atoms. The highest BCUT2D eigenvalue weighted by atomic mass is 32.2. The van der Waals surface area contributed by atoms with Crippen LogP contribution >= 0.6 is 11.8 Å². The molecule has 0 atom stereocenters. The molecule has 110 valence electrons. The molecule has 0 aliphatic carbocycles. The molecule has 0 saturated carbocycles. The van der Waals surface area contributed by atoms with Crippen molar-refractivity contribution in [1.82, 2.24) is 9.97 Å². The smallest absolute Gasteiger partial charge is 0.260 e. The number of amides is 1. The zero-order chi connectivity index (χ0) is 15.4. The first-order valence-electron chi connectivity index (χ1n) is 6.45. The van der Waals surface area contributed by atoms with Crippen LogP contribution in [0.1, 0.15) is 27.4 Å². The summed E-state index contributed by atoms with van der Waals surface area (Å²) in [5, 5.41) is 12.6. The van der Waals surface area contributed by atoms with Gasteiger partial charge in [0.2, 0.25) is 0 Å². The largest absolute Gasteiger partial charge is 0.392 e. The maximum atomic E-state index is 12.5. The maximum absolute atomic E-state index is 12.5. The van der Waals surface area contributed by atoms with Crippen LogP contribution in [-0.4, -0.2) is 27.2 Å². The number of aromatic nitrogens is 2. The Morgan fingerprint density at radius 1 is 1.33 bits per heavy atom. The van der Waals surface area contributed by atoms with Gasteiger partial charge in [-0.15, -0.1) is 11.8 Å². The fourth-order valence-electron chi connectivity index (χ4n) is 2.03. The normalized spacial score (nSPS) is 10.5. The van der Waals surface area contributed by atoms with Crippen LogP contribution in [0.3, 0.4) is 0 Å². The van der Waals surface area contributed by atoms with E-state index in [9.17, 15) is 4.79 Å². The molecule has 1 aromatic heterocycles. The van der Waals surface area contributed by atoms with E-state index in [0.717, 1.165) is 5.56 Å². The molecule has 2 aromatic rings. The zero-order valence-corrected chi connectivity index (χ0v) is 13.0. The van der Waals surface area contributed by atoms with Crippen molar-refractivity contribution < 1.29 is 9.90 Å². The lowest BCUT2D eigenvalue weighted by atomic mass is 10.2. The number of rotatable bonds is 4. The summed E-state index contributed by atoms with van der Waals surface area (Å²) in [4.78, 5) is 21.0. The number of nitrogens with zero attached hydrogens (tertiary/aromatic N) is 2. The van der Waals surface area contributed by atoms with Crippen molar-refractivity contribution in [3.05, 3.63) is 46.9 Å². The lowest BCUT2D eigenvalue weighted by Crippen LogP contribution is -2.17. The lowest BCUT2D eigenvalue weighted by Gasteiger charge is -2.11. The summed E-state index contributed by atoms with van der Waals surface area (Å²) in [6.07, 6.45) is 1.88. The minimum absolute atomic E-state index is 0.0631. The number of hydrogen-bond donors (Lipinski definition) is 2. The van der Waals surface area contributed by atoms with Crippen molar-refractivity contribution in [2.75, 3.05) is 11.6 Å². The van der Waals surface area contributed by atoms with Crippen molar-refractivity contribution in [2.24, 2.45) is 0 Å². The third kappa shape index (κ3) is 3.59. The van der Waals surface area contributed by atoms with Crippen molar-refractivity contribution >= 4 is 23.4 Å². The molecule has 0 unspecified atom stereocenters. The molecule has 2 N–H and O–H groups in total. The van der Waals surface area contributed by atoms with Gasteiger partial charge in [-0.3, -0.25) is 4.79 Å². The Morgan fingerprint density at radius 3 is 2.76 bits per heavy atom. The summed E-state index contributed by atoms with van der Waals surface area (Å²) < 4.78 is 0. The molecule has 2 rings (SSSR count). The summed E-state index contributed by atoms with van der Waals surface area (Å²) in [5.74, 6) is 0.405. The lowest BCUT2D eigenvalue weighted by molar-refractivity contribution is 0.102. The highest BCUT2D eigenvalue weighted by Gasteiger charge is 2.17. The second-order valence-corrected chi connectivity index (χ2v) is 5.35. The number of aliphatic hydroxyl groups excluding tert-OH is 1. The average molecular weight is 303 g/mol. The summed E-state index contributed by atoms with van der Waals surface area (Å²) in [7, 11) is 0. The van der Waals surface area contributed by atoms with Crippen molar-refractivity contribution in [2.45, 2.75) is 25.5 Å². The number of aryl methyl sites for hydroxylation is 2. The molecule has 0 fully saturated rings. The van der Waals surface area contributed by atoms with Gasteiger partial charge in [-0.1, -0.05) is 12.1 Å². The first kappa shape index (κ1) is 15.5. The highest BCUT2D eigenvalue weighted by Crippen LogP contribution is 2.22. The summed E-state index contributed by atoms with van der Waals surface area (Å²) >= 11 is 1.42. The molecule has 0 spiro atoms. The van der Waals surface area contributed by atoms with E-state index in [1.165, 1.54) is 11.8 Å². The molecule has 0 saturated heterocycles. The van der Waals surface area contributed by atoms with E-state index >= 15 is 0 Å². The molecule has 1 heterocycles. The Labute approximate surface area is 127 Å². The van der Waals surface area contributed by atoms with Crippen LogP contribution in [0.4, 0.5) is 5.69 Å². The topological polar surface area (TPSA) is 75.1 Å². The number of thioether (sulfide) groups is 1. The van der Waals surface area contributed by atoms with Gasteiger partial charge in [-0.25, -0.2) is 9.97 Å². The summed E-state index contributed by atoms with van der Waals surface area (Å²) in [6.45, 7) is 3.54. The van der Waals surface area contributed by atoms with Gasteiger partial charge in [0.25, 0.3) is 5.91 Å². The number of benzene rings is 1. The third-order valence-corrected chi connectivity index (χ3v) is 3.64. The fraction of sp³-hybridized carbons (Fsp3) is 0.267. The Hall–Kier alpha value is -1.92. The van der Waals surface area contributed by atoms with E-state index in [0.29, 0.717) is 27.8 Å². The number of anilines is 1. The van der Waals surface area contributed by atoms with E-state index < -0.39 is 0 Å². The molecule has 0 aliphatic rings. The van der Waals surface area contributed by atoms with Gasteiger partial charge in [-0.2, -0.15) is 0 Å². The molecule has 1 amide bonds. The zero-order valence-electron chi connectivity index (χ0n) is 12.2. The molecular weight excluding hydrogens is 286 g/mol. The molecule has 1 aromatic carbocycles. The van der Waals surface area contributed by atoms with E-state index in [1.807, 2.05) is 6.26 Å². The number of carbonyl (C=O) groups is 1. The van der Waals surface area contributed by atoms with Gasteiger partial charge in [-0.05, 0) is 37.8 Å². The van der Waals surface area contributed by atoms with Crippen molar-refractivity contribution in [3.63, 3.8) is 0 Å². The fourth-order valence-corrected chi connectivity index (χ4v) is 2.70. The minimum atomic E-state index is -0.244. The minimum Gasteiger partial charge on any atom is -0.392 e. The summed E-state index contributed by atoms with van der Waals surface area (Å²) in [6, 6.07) is 7.10. The number of nitrogens with one attached hydrogen (secondary N) is 1. The van der Waals surface area contributed by atoms with E-state index in [2.05, 4.69) is 15.3 Å². The molecule has 0 aliphatic heterocycles. The van der Waals surface area contributed by atoms with Gasteiger partial charge < -0.3 is 10.4 Å². The molecule has 21 heavy (non-hydrogen) atoms. The second-order valence-electron chi connectivity index (χ2n) is 4.55. The van der Waals surface area contributed by atoms with Crippen LogP contribution in [0.5, 0.6) is 0 Å². The average Bonchev–Trinajstić information content (AvgIpc) is 2.46.